The van der Waals surface area contributed by atoms with Crippen LogP contribution in [0.2, 0.25) is 0 Å². The van der Waals surface area contributed by atoms with Crippen LogP contribution in [0.4, 0.5) is 28.2 Å². The first-order valence-corrected chi connectivity index (χ1v) is 11.5. The zero-order valence-corrected chi connectivity index (χ0v) is 18.9. The Labute approximate surface area is 199 Å². The lowest BCUT2D eigenvalue weighted by Gasteiger charge is -2.21. The summed E-state index contributed by atoms with van der Waals surface area (Å²) in [6.45, 7) is -0.933. The van der Waals surface area contributed by atoms with Crippen LogP contribution >= 0.6 is 0 Å². The highest BCUT2D eigenvalue weighted by atomic mass is 19.4. The fraction of sp³-hybridized carbons (Fsp3) is 0.360. The molecule has 0 radical (unpaired) electrons. The standard InChI is InChI=1S/C25H25F4N5O/c26-17-11-9-16(10-12-17)20-13-33(15-25(27,28)29)14-22(20)30-24(35)31-23-19-7-4-8-21(19)32-34(23)18-5-2-1-3-6-18/h1-3,5-6,9-12,20,22H,4,7-8,13-15H2,(H2,30,31,35)/t20-,22+/m1/s1. The maximum absolute atomic E-state index is 13.4. The van der Waals surface area contributed by atoms with Gasteiger partial charge in [-0.05, 0) is 49.1 Å². The third kappa shape index (κ3) is 5.17. The molecule has 2 aliphatic rings. The van der Waals surface area contributed by atoms with Crippen LogP contribution in [0.3, 0.4) is 0 Å². The van der Waals surface area contributed by atoms with Crippen LogP contribution in [0.25, 0.3) is 5.69 Å². The SMILES string of the molecule is O=C(Nc1c2c(nn1-c1ccccc1)CCC2)N[C@H]1CN(CC(F)(F)F)C[C@@H]1c1ccc(F)cc1. The molecule has 0 saturated carbocycles. The van der Waals surface area contributed by atoms with Crippen molar-refractivity contribution in [3.8, 4) is 5.69 Å². The number of amides is 2. The van der Waals surface area contributed by atoms with Crippen molar-refractivity contribution in [1.29, 1.82) is 0 Å². The van der Waals surface area contributed by atoms with E-state index in [-0.39, 0.29) is 13.1 Å². The number of benzene rings is 2. The molecule has 2 N–H and O–H groups in total. The Morgan fingerprint density at radius 1 is 1.03 bits per heavy atom. The second-order valence-electron chi connectivity index (χ2n) is 9.05. The van der Waals surface area contributed by atoms with Crippen molar-refractivity contribution < 1.29 is 22.4 Å². The molecular weight excluding hydrogens is 462 g/mol. The number of alkyl halides is 3. The molecule has 1 saturated heterocycles. The number of aryl methyl sites for hydroxylation is 1. The van der Waals surface area contributed by atoms with E-state index >= 15 is 0 Å². The van der Waals surface area contributed by atoms with Gasteiger partial charge in [0.2, 0.25) is 0 Å². The highest BCUT2D eigenvalue weighted by molar-refractivity contribution is 5.90. The highest BCUT2D eigenvalue weighted by Gasteiger charge is 2.40. The molecule has 10 heteroatoms. The van der Waals surface area contributed by atoms with Gasteiger partial charge in [-0.25, -0.2) is 13.9 Å². The molecule has 2 atom stereocenters. The number of halogens is 4. The maximum Gasteiger partial charge on any atom is 0.401 e. The normalized spacial score (nSPS) is 20.1. The number of urea groups is 1. The Hall–Kier alpha value is -3.40. The van der Waals surface area contributed by atoms with Crippen LogP contribution in [0.5, 0.6) is 0 Å². The van der Waals surface area contributed by atoms with E-state index in [9.17, 15) is 22.4 Å². The molecule has 184 valence electrons. The van der Waals surface area contributed by atoms with Gasteiger partial charge in [0, 0.05) is 24.6 Å². The number of anilines is 1. The molecular formula is C25H25F4N5O. The lowest BCUT2D eigenvalue weighted by Crippen LogP contribution is -2.43. The Morgan fingerprint density at radius 3 is 2.49 bits per heavy atom. The molecule has 0 spiro atoms. The van der Waals surface area contributed by atoms with Crippen molar-refractivity contribution in [2.75, 3.05) is 25.0 Å². The van der Waals surface area contributed by atoms with Gasteiger partial charge in [-0.3, -0.25) is 10.2 Å². The predicted octanol–water partition coefficient (Wildman–Crippen LogP) is 4.65. The zero-order chi connectivity index (χ0) is 24.6. The smallest absolute Gasteiger partial charge is 0.333 e. The van der Waals surface area contributed by atoms with Gasteiger partial charge in [0.1, 0.15) is 11.6 Å². The van der Waals surface area contributed by atoms with E-state index in [2.05, 4.69) is 15.7 Å². The lowest BCUT2D eigenvalue weighted by atomic mass is 9.94. The third-order valence-corrected chi connectivity index (χ3v) is 6.55. The summed E-state index contributed by atoms with van der Waals surface area (Å²) in [6.07, 6.45) is -1.79. The van der Waals surface area contributed by atoms with E-state index in [4.69, 9.17) is 0 Å². The van der Waals surface area contributed by atoms with Gasteiger partial charge in [0.25, 0.3) is 0 Å². The van der Waals surface area contributed by atoms with E-state index < -0.39 is 36.5 Å². The quantitative estimate of drug-likeness (QED) is 0.515. The number of nitrogens with one attached hydrogen (secondary N) is 2. The molecule has 6 nitrogen and oxygen atoms in total. The number of likely N-dealkylation sites (tertiary alicyclic amines) is 1. The van der Waals surface area contributed by atoms with Crippen LogP contribution < -0.4 is 10.6 Å². The van der Waals surface area contributed by atoms with Gasteiger partial charge in [0.05, 0.1) is 24.0 Å². The molecule has 35 heavy (non-hydrogen) atoms. The summed E-state index contributed by atoms with van der Waals surface area (Å²) in [5.41, 5.74) is 3.39. The van der Waals surface area contributed by atoms with Crippen molar-refractivity contribution in [3.05, 3.63) is 77.2 Å². The average molecular weight is 488 g/mol. The maximum atomic E-state index is 13.4. The number of fused-ring (bicyclic) bond motifs is 1. The summed E-state index contributed by atoms with van der Waals surface area (Å²) < 4.78 is 54.3. The topological polar surface area (TPSA) is 62.2 Å². The van der Waals surface area contributed by atoms with Crippen LogP contribution in [0.15, 0.2) is 54.6 Å². The Morgan fingerprint density at radius 2 is 1.77 bits per heavy atom. The summed E-state index contributed by atoms with van der Waals surface area (Å²) in [5.74, 6) is -0.262. The number of hydrogen-bond donors (Lipinski definition) is 2. The molecule has 0 unspecified atom stereocenters. The van der Waals surface area contributed by atoms with Crippen molar-refractivity contribution in [2.24, 2.45) is 0 Å². The monoisotopic (exact) mass is 487 g/mol. The van der Waals surface area contributed by atoms with E-state index in [0.29, 0.717) is 11.4 Å². The number of nitrogens with zero attached hydrogens (tertiary/aromatic N) is 3. The number of aromatic nitrogens is 2. The van der Waals surface area contributed by atoms with Crippen LogP contribution in [-0.4, -0.2) is 52.6 Å². The summed E-state index contributed by atoms with van der Waals surface area (Å²) >= 11 is 0. The van der Waals surface area contributed by atoms with Crippen molar-refractivity contribution >= 4 is 11.8 Å². The first kappa shape index (κ1) is 23.3. The predicted molar refractivity (Wildman–Crippen MR) is 123 cm³/mol. The summed E-state index contributed by atoms with van der Waals surface area (Å²) in [4.78, 5) is 14.4. The molecule has 1 fully saturated rings. The first-order chi connectivity index (χ1) is 16.8. The number of para-hydroxylation sites is 1. The summed E-state index contributed by atoms with van der Waals surface area (Å²) in [6, 6.07) is 14.0. The van der Waals surface area contributed by atoms with Crippen LogP contribution in [0.1, 0.15) is 29.2 Å². The Kier molecular flexibility index (Phi) is 6.22. The molecule has 1 aliphatic heterocycles. The minimum atomic E-state index is -4.35. The minimum absolute atomic E-state index is 0.0328. The van der Waals surface area contributed by atoms with E-state index in [0.717, 1.165) is 36.2 Å². The molecule has 2 heterocycles. The molecule has 1 aliphatic carbocycles. The third-order valence-electron chi connectivity index (χ3n) is 6.55. The second kappa shape index (κ2) is 9.33. The van der Waals surface area contributed by atoms with E-state index in [1.807, 2.05) is 30.3 Å². The van der Waals surface area contributed by atoms with Gasteiger partial charge in [-0.2, -0.15) is 18.3 Å². The van der Waals surface area contributed by atoms with Crippen molar-refractivity contribution in [2.45, 2.75) is 37.4 Å². The summed E-state index contributed by atoms with van der Waals surface area (Å²) in [7, 11) is 0. The number of hydrogen-bond acceptors (Lipinski definition) is 3. The Bertz CT molecular complexity index is 1190. The first-order valence-electron chi connectivity index (χ1n) is 11.5. The average Bonchev–Trinajstić information content (AvgIpc) is 3.50. The lowest BCUT2D eigenvalue weighted by molar-refractivity contribution is -0.143. The van der Waals surface area contributed by atoms with Crippen molar-refractivity contribution in [1.82, 2.24) is 20.0 Å². The van der Waals surface area contributed by atoms with Gasteiger partial charge in [0.15, 0.2) is 0 Å². The molecule has 3 aromatic rings. The molecule has 2 aromatic carbocycles. The van der Waals surface area contributed by atoms with Gasteiger partial charge >= 0.3 is 12.2 Å². The largest absolute Gasteiger partial charge is 0.401 e. The van der Waals surface area contributed by atoms with E-state index in [1.165, 1.54) is 17.0 Å². The fourth-order valence-electron chi connectivity index (χ4n) is 5.05. The second-order valence-corrected chi connectivity index (χ2v) is 9.05. The number of carbonyl (C=O) groups excluding carboxylic acids is 1. The number of rotatable bonds is 5. The Balaban J connectivity index is 1.37. The van der Waals surface area contributed by atoms with Crippen molar-refractivity contribution in [3.63, 3.8) is 0 Å². The van der Waals surface area contributed by atoms with E-state index in [1.54, 1.807) is 16.8 Å². The van der Waals surface area contributed by atoms with Gasteiger partial charge in [-0.15, -0.1) is 0 Å². The molecule has 5 rings (SSSR count). The zero-order valence-electron chi connectivity index (χ0n) is 18.9. The molecule has 2 amide bonds. The molecule has 0 bridgehead atoms. The van der Waals surface area contributed by atoms with Gasteiger partial charge in [-0.1, -0.05) is 30.3 Å². The summed E-state index contributed by atoms with van der Waals surface area (Å²) in [5, 5.41) is 10.5. The van der Waals surface area contributed by atoms with Gasteiger partial charge < -0.3 is 5.32 Å². The minimum Gasteiger partial charge on any atom is -0.333 e. The fourth-order valence-corrected chi connectivity index (χ4v) is 5.05. The highest BCUT2D eigenvalue weighted by Crippen LogP contribution is 2.32. The number of carbonyl (C=O) groups is 1. The van der Waals surface area contributed by atoms with Crippen LogP contribution in [0, 0.1) is 5.82 Å². The molecule has 1 aromatic heterocycles. The van der Waals surface area contributed by atoms with Crippen LogP contribution in [-0.2, 0) is 12.8 Å².